The highest BCUT2D eigenvalue weighted by Gasteiger charge is 2.40. The molecule has 0 fully saturated rings. The molecule has 0 aromatic carbocycles. The number of ether oxygens (including phenoxy) is 1. The van der Waals surface area contributed by atoms with Gasteiger partial charge in [0.05, 0.1) is 12.2 Å². The molecular weight excluding hydrogens is 202 g/mol. The van der Waals surface area contributed by atoms with E-state index < -0.39 is 11.4 Å². The summed E-state index contributed by atoms with van der Waals surface area (Å²) in [6, 6.07) is 2.11. The van der Waals surface area contributed by atoms with Gasteiger partial charge in [-0.05, 0) is 39.2 Å². The lowest BCUT2D eigenvalue weighted by atomic mass is 9.79. The van der Waals surface area contributed by atoms with Crippen LogP contribution in [0.1, 0.15) is 47.5 Å². The van der Waals surface area contributed by atoms with E-state index in [1.54, 1.807) is 13.8 Å². The Morgan fingerprint density at radius 3 is 2.38 bits per heavy atom. The SMILES string of the molecule is CC/C=C(\C)[C@](C#N)(CC)C(=O)OC(C)C. The molecular formula is C13H21NO2. The van der Waals surface area contributed by atoms with Gasteiger partial charge in [0.2, 0.25) is 0 Å². The molecule has 90 valence electrons. The van der Waals surface area contributed by atoms with Crippen molar-refractivity contribution in [1.82, 2.24) is 0 Å². The Morgan fingerprint density at radius 1 is 1.50 bits per heavy atom. The van der Waals surface area contributed by atoms with Crippen LogP contribution >= 0.6 is 0 Å². The maximum absolute atomic E-state index is 12.0. The fourth-order valence-electron chi connectivity index (χ4n) is 1.59. The number of rotatable bonds is 5. The number of allylic oxidation sites excluding steroid dienone is 1. The third kappa shape index (κ3) is 3.10. The molecule has 1 atom stereocenters. The molecule has 0 saturated heterocycles. The van der Waals surface area contributed by atoms with E-state index in [1.807, 2.05) is 26.8 Å². The zero-order valence-electron chi connectivity index (χ0n) is 10.8. The third-order valence-corrected chi connectivity index (χ3v) is 2.60. The van der Waals surface area contributed by atoms with Crippen molar-refractivity contribution in [2.75, 3.05) is 0 Å². The standard InChI is InChI=1S/C13H21NO2/c1-6-8-11(5)13(7-2,9-14)12(15)16-10(3)4/h8,10H,6-7H2,1-5H3/b11-8+/t13-/m1/s1. The highest BCUT2D eigenvalue weighted by molar-refractivity contribution is 5.83. The van der Waals surface area contributed by atoms with Crippen LogP contribution < -0.4 is 0 Å². The summed E-state index contributed by atoms with van der Waals surface area (Å²) in [6.45, 7) is 9.20. The van der Waals surface area contributed by atoms with Gasteiger partial charge in [0.1, 0.15) is 0 Å². The second-order valence-corrected chi connectivity index (χ2v) is 4.12. The van der Waals surface area contributed by atoms with E-state index >= 15 is 0 Å². The highest BCUT2D eigenvalue weighted by atomic mass is 16.5. The Balaban J connectivity index is 5.20. The summed E-state index contributed by atoms with van der Waals surface area (Å²) in [7, 11) is 0. The van der Waals surface area contributed by atoms with Crippen molar-refractivity contribution in [1.29, 1.82) is 5.26 Å². The lowest BCUT2D eigenvalue weighted by Crippen LogP contribution is -2.33. The summed E-state index contributed by atoms with van der Waals surface area (Å²) < 4.78 is 5.16. The van der Waals surface area contributed by atoms with Crippen LogP contribution in [0.25, 0.3) is 0 Å². The van der Waals surface area contributed by atoms with Gasteiger partial charge in [-0.1, -0.05) is 19.9 Å². The molecule has 0 aliphatic rings. The first-order valence-corrected chi connectivity index (χ1v) is 5.74. The Hall–Kier alpha value is -1.30. The molecule has 0 aliphatic heterocycles. The summed E-state index contributed by atoms with van der Waals surface area (Å²) >= 11 is 0. The quantitative estimate of drug-likeness (QED) is 0.531. The van der Waals surface area contributed by atoms with Gasteiger partial charge in [-0.3, -0.25) is 0 Å². The molecule has 0 unspecified atom stereocenters. The van der Waals surface area contributed by atoms with Crippen LogP contribution in [0.2, 0.25) is 0 Å². The molecule has 3 heteroatoms. The molecule has 0 N–H and O–H groups in total. The van der Waals surface area contributed by atoms with Crippen LogP contribution in [-0.4, -0.2) is 12.1 Å². The van der Waals surface area contributed by atoms with E-state index in [1.165, 1.54) is 0 Å². The van der Waals surface area contributed by atoms with Gasteiger partial charge in [-0.2, -0.15) is 5.26 Å². The van der Waals surface area contributed by atoms with Gasteiger partial charge < -0.3 is 4.74 Å². The average Bonchev–Trinajstić information content (AvgIpc) is 2.19. The molecule has 0 aliphatic carbocycles. The largest absolute Gasteiger partial charge is 0.462 e. The highest BCUT2D eigenvalue weighted by Crippen LogP contribution is 2.32. The molecule has 0 heterocycles. The Morgan fingerprint density at radius 2 is 2.06 bits per heavy atom. The van der Waals surface area contributed by atoms with Crippen molar-refractivity contribution in [2.24, 2.45) is 5.41 Å². The van der Waals surface area contributed by atoms with Crippen molar-refractivity contribution < 1.29 is 9.53 Å². The lowest BCUT2D eigenvalue weighted by molar-refractivity contribution is -0.154. The van der Waals surface area contributed by atoms with Crippen LogP contribution in [0.5, 0.6) is 0 Å². The van der Waals surface area contributed by atoms with Crippen molar-refractivity contribution in [3.63, 3.8) is 0 Å². The first-order chi connectivity index (χ1) is 7.44. The molecule has 0 aromatic heterocycles. The normalized spacial score (nSPS) is 15.4. The minimum atomic E-state index is -1.11. The van der Waals surface area contributed by atoms with Crippen molar-refractivity contribution in [2.45, 2.75) is 53.6 Å². The summed E-state index contributed by atoms with van der Waals surface area (Å²) in [6.07, 6.45) is 2.97. The number of carbonyl (C=O) groups is 1. The molecule has 0 saturated carbocycles. The van der Waals surface area contributed by atoms with Crippen LogP contribution in [-0.2, 0) is 9.53 Å². The molecule has 0 bridgehead atoms. The van der Waals surface area contributed by atoms with Gasteiger partial charge in [-0.15, -0.1) is 0 Å². The first kappa shape index (κ1) is 14.7. The minimum absolute atomic E-state index is 0.193. The predicted molar refractivity (Wildman–Crippen MR) is 63.6 cm³/mol. The second kappa shape index (κ2) is 6.32. The van der Waals surface area contributed by atoms with Gasteiger partial charge in [0, 0.05) is 0 Å². The number of hydrogen-bond acceptors (Lipinski definition) is 3. The summed E-state index contributed by atoms with van der Waals surface area (Å²) in [4.78, 5) is 12.0. The van der Waals surface area contributed by atoms with E-state index in [9.17, 15) is 10.1 Å². The average molecular weight is 223 g/mol. The maximum Gasteiger partial charge on any atom is 0.330 e. The lowest BCUT2D eigenvalue weighted by Gasteiger charge is -2.25. The Labute approximate surface area is 98.1 Å². The molecule has 3 nitrogen and oxygen atoms in total. The van der Waals surface area contributed by atoms with Gasteiger partial charge in [-0.25, -0.2) is 4.79 Å². The van der Waals surface area contributed by atoms with Crippen molar-refractivity contribution in [3.8, 4) is 6.07 Å². The maximum atomic E-state index is 12.0. The summed E-state index contributed by atoms with van der Waals surface area (Å²) in [5.41, 5.74) is -0.328. The Kier molecular flexibility index (Phi) is 5.81. The summed E-state index contributed by atoms with van der Waals surface area (Å²) in [5.74, 6) is -0.435. The molecule has 16 heavy (non-hydrogen) atoms. The fraction of sp³-hybridized carbons (Fsp3) is 0.692. The smallest absolute Gasteiger partial charge is 0.330 e. The van der Waals surface area contributed by atoms with Crippen LogP contribution in [0.4, 0.5) is 0 Å². The minimum Gasteiger partial charge on any atom is -0.462 e. The van der Waals surface area contributed by atoms with E-state index in [-0.39, 0.29) is 6.10 Å². The molecule has 0 rings (SSSR count). The molecule has 0 radical (unpaired) electrons. The zero-order valence-corrected chi connectivity index (χ0v) is 10.8. The number of hydrogen-bond donors (Lipinski definition) is 0. The zero-order chi connectivity index (χ0) is 12.8. The van der Waals surface area contributed by atoms with Gasteiger partial charge in [0.15, 0.2) is 5.41 Å². The van der Waals surface area contributed by atoms with E-state index in [0.717, 1.165) is 12.0 Å². The van der Waals surface area contributed by atoms with Gasteiger partial charge >= 0.3 is 5.97 Å². The van der Waals surface area contributed by atoms with E-state index in [2.05, 4.69) is 6.07 Å². The third-order valence-electron chi connectivity index (χ3n) is 2.60. The van der Waals surface area contributed by atoms with Crippen LogP contribution in [0.3, 0.4) is 0 Å². The number of carbonyl (C=O) groups excluding carboxylic acids is 1. The van der Waals surface area contributed by atoms with Crippen molar-refractivity contribution in [3.05, 3.63) is 11.6 Å². The predicted octanol–water partition coefficient (Wildman–Crippen LogP) is 3.21. The first-order valence-electron chi connectivity index (χ1n) is 5.74. The van der Waals surface area contributed by atoms with Crippen molar-refractivity contribution >= 4 is 5.97 Å². The second-order valence-electron chi connectivity index (χ2n) is 4.12. The monoisotopic (exact) mass is 223 g/mol. The number of nitriles is 1. The van der Waals surface area contributed by atoms with E-state index in [4.69, 9.17) is 4.74 Å². The topological polar surface area (TPSA) is 50.1 Å². The Bertz CT molecular complexity index is 312. The van der Waals surface area contributed by atoms with Crippen LogP contribution in [0, 0.1) is 16.7 Å². The van der Waals surface area contributed by atoms with Gasteiger partial charge in [0.25, 0.3) is 0 Å². The molecule has 0 spiro atoms. The molecule has 0 aromatic rings. The van der Waals surface area contributed by atoms with Crippen LogP contribution in [0.15, 0.2) is 11.6 Å². The number of nitrogens with zero attached hydrogens (tertiary/aromatic N) is 1. The molecule has 0 amide bonds. The number of esters is 1. The van der Waals surface area contributed by atoms with E-state index in [0.29, 0.717) is 6.42 Å². The summed E-state index contributed by atoms with van der Waals surface area (Å²) in [5, 5.41) is 9.27. The fourth-order valence-corrected chi connectivity index (χ4v) is 1.59.